The summed E-state index contributed by atoms with van der Waals surface area (Å²) in [6, 6.07) is 6.71. The van der Waals surface area contributed by atoms with E-state index >= 15 is 0 Å². The largest absolute Gasteiger partial charge is 0.416 e. The fourth-order valence-corrected chi connectivity index (χ4v) is 3.97. The van der Waals surface area contributed by atoms with Gasteiger partial charge in [0.25, 0.3) is 0 Å². The van der Waals surface area contributed by atoms with E-state index in [1.165, 1.54) is 38.1 Å². The first-order valence-corrected chi connectivity index (χ1v) is 7.96. The summed E-state index contributed by atoms with van der Waals surface area (Å²) >= 11 is 0. The molecule has 0 atom stereocenters. The minimum atomic E-state index is -4.23. The molecule has 2 fully saturated rings. The van der Waals surface area contributed by atoms with E-state index in [0.29, 0.717) is 11.6 Å². The van der Waals surface area contributed by atoms with Crippen LogP contribution in [0.1, 0.15) is 55.6 Å². The van der Waals surface area contributed by atoms with Gasteiger partial charge in [-0.05, 0) is 69.2 Å². The van der Waals surface area contributed by atoms with E-state index in [4.69, 9.17) is 0 Å². The molecule has 116 valence electrons. The summed E-state index contributed by atoms with van der Waals surface area (Å²) < 4.78 is 39.4. The Hall–Kier alpha value is -1.03. The van der Waals surface area contributed by atoms with Crippen LogP contribution >= 0.6 is 0 Å². The lowest BCUT2D eigenvalue weighted by atomic mass is 9.79. The van der Waals surface area contributed by atoms with E-state index in [0.717, 1.165) is 25.7 Å². The number of nitrogens with zero attached hydrogens (tertiary/aromatic N) is 1. The molecule has 1 aliphatic heterocycles. The quantitative estimate of drug-likeness (QED) is 0.756. The molecule has 0 spiro atoms. The maximum absolute atomic E-state index is 13.1. The van der Waals surface area contributed by atoms with Crippen molar-refractivity contribution in [1.82, 2.24) is 4.90 Å². The topological polar surface area (TPSA) is 3.24 Å². The van der Waals surface area contributed by atoms with Crippen molar-refractivity contribution in [2.24, 2.45) is 0 Å². The van der Waals surface area contributed by atoms with Crippen LogP contribution in [0.5, 0.6) is 0 Å². The molecule has 1 saturated heterocycles. The van der Waals surface area contributed by atoms with Gasteiger partial charge in [0.1, 0.15) is 0 Å². The monoisotopic (exact) mass is 297 g/mol. The molecular weight excluding hydrogens is 275 g/mol. The molecule has 0 radical (unpaired) electrons. The van der Waals surface area contributed by atoms with Crippen molar-refractivity contribution in [3.8, 4) is 0 Å². The summed E-state index contributed by atoms with van der Waals surface area (Å²) in [6.45, 7) is 2.35. The molecular formula is C17H22F3N. The van der Waals surface area contributed by atoms with Crippen molar-refractivity contribution in [3.05, 3.63) is 35.4 Å². The van der Waals surface area contributed by atoms with Crippen LogP contribution in [-0.4, -0.2) is 24.0 Å². The second-order valence-electron chi connectivity index (χ2n) is 6.33. The number of likely N-dealkylation sites (tertiary alicyclic amines) is 1. The number of rotatable bonds is 2. The standard InChI is InChI=1S/C17H22F3N/c18-17(19,20)16-6-2-1-5-15(16)13-7-9-14(10-8-13)21-11-3-4-12-21/h1-2,5-6,13-14H,3-4,7-12H2. The Bertz CT molecular complexity index is 469. The van der Waals surface area contributed by atoms with Crippen LogP contribution in [0.4, 0.5) is 13.2 Å². The van der Waals surface area contributed by atoms with E-state index in [1.54, 1.807) is 12.1 Å². The molecule has 1 aliphatic carbocycles. The van der Waals surface area contributed by atoms with Gasteiger partial charge in [0, 0.05) is 6.04 Å². The van der Waals surface area contributed by atoms with Crippen molar-refractivity contribution < 1.29 is 13.2 Å². The molecule has 1 nitrogen and oxygen atoms in total. The SMILES string of the molecule is FC(F)(F)c1ccccc1C1CCC(N2CCCC2)CC1. The van der Waals surface area contributed by atoms with Crippen LogP contribution in [0.15, 0.2) is 24.3 Å². The first-order chi connectivity index (χ1) is 10.1. The van der Waals surface area contributed by atoms with Crippen LogP contribution in [0.2, 0.25) is 0 Å². The summed E-state index contributed by atoms with van der Waals surface area (Å²) in [5.41, 5.74) is 0.0690. The van der Waals surface area contributed by atoms with E-state index in [2.05, 4.69) is 4.90 Å². The smallest absolute Gasteiger partial charge is 0.300 e. The second-order valence-corrected chi connectivity index (χ2v) is 6.33. The Balaban J connectivity index is 1.69. The van der Waals surface area contributed by atoms with Gasteiger partial charge in [0.15, 0.2) is 0 Å². The average molecular weight is 297 g/mol. The Morgan fingerprint density at radius 2 is 1.52 bits per heavy atom. The maximum Gasteiger partial charge on any atom is 0.416 e. The summed E-state index contributed by atoms with van der Waals surface area (Å²) in [7, 11) is 0. The fraction of sp³-hybridized carbons (Fsp3) is 0.647. The number of alkyl halides is 3. The third kappa shape index (κ3) is 3.25. The molecule has 2 aliphatic rings. The third-order valence-corrected chi connectivity index (χ3v) is 5.06. The minimum absolute atomic E-state index is 0.0710. The number of benzene rings is 1. The van der Waals surface area contributed by atoms with Crippen molar-refractivity contribution in [2.45, 2.75) is 56.7 Å². The predicted octanol–water partition coefficient (Wildman–Crippen LogP) is 4.83. The lowest BCUT2D eigenvalue weighted by Gasteiger charge is -2.35. The lowest BCUT2D eigenvalue weighted by molar-refractivity contribution is -0.138. The van der Waals surface area contributed by atoms with E-state index < -0.39 is 11.7 Å². The van der Waals surface area contributed by atoms with Gasteiger partial charge < -0.3 is 4.90 Å². The predicted molar refractivity (Wildman–Crippen MR) is 77.2 cm³/mol. The Kier molecular flexibility index (Phi) is 4.25. The molecule has 0 aromatic heterocycles. The Morgan fingerprint density at radius 3 is 2.14 bits per heavy atom. The van der Waals surface area contributed by atoms with Gasteiger partial charge in [-0.1, -0.05) is 18.2 Å². The highest BCUT2D eigenvalue weighted by Gasteiger charge is 2.36. The van der Waals surface area contributed by atoms with Gasteiger partial charge in [0.2, 0.25) is 0 Å². The van der Waals surface area contributed by atoms with Crippen molar-refractivity contribution >= 4 is 0 Å². The summed E-state index contributed by atoms with van der Waals surface area (Å²) in [5.74, 6) is 0.0710. The summed E-state index contributed by atoms with van der Waals surface area (Å²) in [4.78, 5) is 2.53. The number of hydrogen-bond donors (Lipinski definition) is 0. The maximum atomic E-state index is 13.1. The highest BCUT2D eigenvalue weighted by molar-refractivity contribution is 5.33. The van der Waals surface area contributed by atoms with Crippen LogP contribution in [-0.2, 0) is 6.18 Å². The normalized spacial score (nSPS) is 28.0. The summed E-state index contributed by atoms with van der Waals surface area (Å²) in [5, 5.41) is 0. The lowest BCUT2D eigenvalue weighted by Crippen LogP contribution is -2.35. The van der Waals surface area contributed by atoms with E-state index in [9.17, 15) is 13.2 Å². The highest BCUT2D eigenvalue weighted by Crippen LogP contribution is 2.41. The van der Waals surface area contributed by atoms with Crippen LogP contribution in [0.25, 0.3) is 0 Å². The van der Waals surface area contributed by atoms with E-state index in [1.807, 2.05) is 0 Å². The zero-order chi connectivity index (χ0) is 14.9. The average Bonchev–Trinajstić information content (AvgIpc) is 3.01. The zero-order valence-corrected chi connectivity index (χ0v) is 12.2. The van der Waals surface area contributed by atoms with Crippen molar-refractivity contribution in [3.63, 3.8) is 0 Å². The van der Waals surface area contributed by atoms with Gasteiger partial charge in [-0.2, -0.15) is 13.2 Å². The Morgan fingerprint density at radius 1 is 0.905 bits per heavy atom. The zero-order valence-electron chi connectivity index (χ0n) is 12.2. The van der Waals surface area contributed by atoms with Gasteiger partial charge >= 0.3 is 6.18 Å². The third-order valence-electron chi connectivity index (χ3n) is 5.06. The molecule has 0 unspecified atom stereocenters. The van der Waals surface area contributed by atoms with Gasteiger partial charge in [-0.3, -0.25) is 0 Å². The first kappa shape index (κ1) is 14.9. The molecule has 1 saturated carbocycles. The minimum Gasteiger partial charge on any atom is -0.300 e. The molecule has 0 N–H and O–H groups in total. The first-order valence-electron chi connectivity index (χ1n) is 7.96. The highest BCUT2D eigenvalue weighted by atomic mass is 19.4. The van der Waals surface area contributed by atoms with Crippen LogP contribution in [0.3, 0.4) is 0 Å². The van der Waals surface area contributed by atoms with E-state index in [-0.39, 0.29) is 5.92 Å². The van der Waals surface area contributed by atoms with Crippen molar-refractivity contribution in [1.29, 1.82) is 0 Å². The van der Waals surface area contributed by atoms with Crippen LogP contribution < -0.4 is 0 Å². The summed E-state index contributed by atoms with van der Waals surface area (Å²) in [6.07, 6.45) is 2.16. The molecule has 4 heteroatoms. The van der Waals surface area contributed by atoms with Crippen LogP contribution in [0, 0.1) is 0 Å². The fourth-order valence-electron chi connectivity index (χ4n) is 3.97. The van der Waals surface area contributed by atoms with Crippen molar-refractivity contribution in [2.75, 3.05) is 13.1 Å². The molecule has 21 heavy (non-hydrogen) atoms. The molecule has 1 heterocycles. The Labute approximate surface area is 124 Å². The molecule has 0 bridgehead atoms. The van der Waals surface area contributed by atoms with Gasteiger partial charge in [-0.25, -0.2) is 0 Å². The molecule has 0 amide bonds. The molecule has 1 aromatic carbocycles. The molecule has 1 aromatic rings. The van der Waals surface area contributed by atoms with Gasteiger partial charge in [-0.15, -0.1) is 0 Å². The van der Waals surface area contributed by atoms with Gasteiger partial charge in [0.05, 0.1) is 5.56 Å². The number of hydrogen-bond acceptors (Lipinski definition) is 1. The number of halogens is 3. The second kappa shape index (κ2) is 5.99. The molecule has 3 rings (SSSR count).